The molecule has 0 saturated carbocycles. The molecule has 0 bridgehead atoms. The largest absolute Gasteiger partial charge is 0.356 e. The lowest BCUT2D eigenvalue weighted by molar-refractivity contribution is 0.135. The summed E-state index contributed by atoms with van der Waals surface area (Å²) in [7, 11) is 0. The van der Waals surface area contributed by atoms with Gasteiger partial charge in [-0.15, -0.1) is 0 Å². The van der Waals surface area contributed by atoms with Crippen molar-refractivity contribution in [2.75, 3.05) is 13.1 Å². The van der Waals surface area contributed by atoms with Crippen LogP contribution in [0.3, 0.4) is 0 Å². The number of hydrogen-bond donors (Lipinski definition) is 0. The van der Waals surface area contributed by atoms with E-state index in [9.17, 15) is 0 Å². The van der Waals surface area contributed by atoms with Gasteiger partial charge in [-0.25, -0.2) is 0 Å². The van der Waals surface area contributed by atoms with E-state index in [-0.39, 0.29) is 0 Å². The number of unbranched alkanes of at least 4 members (excludes halogenated alkanes) is 26. The Bertz CT molecular complexity index is 516. The van der Waals surface area contributed by atoms with Gasteiger partial charge in [0.25, 0.3) is 0 Å². The van der Waals surface area contributed by atoms with Crippen molar-refractivity contribution in [2.24, 2.45) is 0 Å². The van der Waals surface area contributed by atoms with Crippen LogP contribution in [0.4, 0.5) is 0 Å². The van der Waals surface area contributed by atoms with Crippen LogP contribution in [0, 0.1) is 0 Å². The Labute approximate surface area is 254 Å². The monoisotopic (exact) mass is 561 g/mol. The van der Waals surface area contributed by atoms with E-state index in [2.05, 4.69) is 43.0 Å². The lowest BCUT2D eigenvalue weighted by Crippen LogP contribution is -2.39. The van der Waals surface area contributed by atoms with Gasteiger partial charge in [0.15, 0.2) is 0 Å². The first-order chi connectivity index (χ1) is 19.8. The lowest BCUT2D eigenvalue weighted by atomic mass is 10.0. The Morgan fingerprint density at radius 3 is 0.875 bits per heavy atom. The third-order valence-corrected chi connectivity index (χ3v) is 9.32. The standard InChI is InChI=1S/C38H76N2/c1-4-7-10-13-15-17-19-21-23-25-27-30-33-38-39(34-31-28-12-9-6-3)36-37-40(38)35-32-29-26-24-22-20-18-16-14-11-8-5-2/h36-38H,4-35H2,1-3H3. The zero-order valence-corrected chi connectivity index (χ0v) is 28.3. The van der Waals surface area contributed by atoms with Gasteiger partial charge in [-0.05, 0) is 25.7 Å². The molecule has 0 spiro atoms. The number of nitrogens with zero attached hydrogens (tertiary/aromatic N) is 2. The fourth-order valence-corrected chi connectivity index (χ4v) is 6.54. The second-order valence-corrected chi connectivity index (χ2v) is 13.2. The molecule has 2 nitrogen and oxygen atoms in total. The molecule has 40 heavy (non-hydrogen) atoms. The van der Waals surface area contributed by atoms with Gasteiger partial charge in [-0.2, -0.15) is 0 Å². The summed E-state index contributed by atoms with van der Waals surface area (Å²) in [4.78, 5) is 5.41. The highest BCUT2D eigenvalue weighted by Crippen LogP contribution is 2.24. The van der Waals surface area contributed by atoms with Crippen LogP contribution < -0.4 is 0 Å². The molecule has 0 saturated heterocycles. The highest BCUT2D eigenvalue weighted by molar-refractivity contribution is 4.97. The van der Waals surface area contributed by atoms with Gasteiger partial charge in [0.1, 0.15) is 6.17 Å². The fourth-order valence-electron chi connectivity index (χ4n) is 6.54. The van der Waals surface area contributed by atoms with Crippen molar-refractivity contribution in [1.82, 2.24) is 9.80 Å². The topological polar surface area (TPSA) is 6.48 Å². The highest BCUT2D eigenvalue weighted by atomic mass is 15.4. The average molecular weight is 561 g/mol. The molecule has 0 aromatic rings. The Balaban J connectivity index is 2.17. The molecule has 0 aromatic carbocycles. The molecule has 238 valence electrons. The number of hydrogen-bond acceptors (Lipinski definition) is 2. The quantitative estimate of drug-likeness (QED) is 0.0755. The van der Waals surface area contributed by atoms with Crippen molar-refractivity contribution in [3.63, 3.8) is 0 Å². The summed E-state index contributed by atoms with van der Waals surface area (Å²) >= 11 is 0. The number of rotatable bonds is 32. The predicted octanol–water partition coefficient (Wildman–Crippen LogP) is 13.2. The third kappa shape index (κ3) is 22.0. The van der Waals surface area contributed by atoms with Crippen LogP contribution in [0.2, 0.25) is 0 Å². The predicted molar refractivity (Wildman–Crippen MR) is 182 cm³/mol. The molecule has 0 aromatic heterocycles. The van der Waals surface area contributed by atoms with E-state index in [1.807, 2.05) is 0 Å². The molecule has 2 heteroatoms. The summed E-state index contributed by atoms with van der Waals surface area (Å²) in [5.41, 5.74) is 0. The van der Waals surface area contributed by atoms with Gasteiger partial charge < -0.3 is 9.80 Å². The summed E-state index contributed by atoms with van der Waals surface area (Å²) in [6.07, 6.45) is 48.5. The summed E-state index contributed by atoms with van der Waals surface area (Å²) in [5.74, 6) is 0. The van der Waals surface area contributed by atoms with E-state index in [1.165, 1.54) is 206 Å². The Morgan fingerprint density at radius 1 is 0.325 bits per heavy atom. The van der Waals surface area contributed by atoms with Gasteiger partial charge in [0.05, 0.1) is 0 Å². The maximum absolute atomic E-state index is 2.71. The van der Waals surface area contributed by atoms with E-state index < -0.39 is 0 Å². The van der Waals surface area contributed by atoms with Crippen LogP contribution in [0.1, 0.15) is 213 Å². The van der Waals surface area contributed by atoms with Crippen LogP contribution in [0.5, 0.6) is 0 Å². The van der Waals surface area contributed by atoms with Crippen molar-refractivity contribution in [1.29, 1.82) is 0 Å². The van der Waals surface area contributed by atoms with Crippen molar-refractivity contribution in [2.45, 2.75) is 220 Å². The van der Waals surface area contributed by atoms with Crippen molar-refractivity contribution < 1.29 is 0 Å². The van der Waals surface area contributed by atoms with Crippen LogP contribution in [-0.2, 0) is 0 Å². The van der Waals surface area contributed by atoms with Crippen LogP contribution in [-0.4, -0.2) is 29.1 Å². The van der Waals surface area contributed by atoms with E-state index in [4.69, 9.17) is 0 Å². The van der Waals surface area contributed by atoms with E-state index >= 15 is 0 Å². The molecule has 0 fully saturated rings. The first-order valence-corrected chi connectivity index (χ1v) is 19.0. The van der Waals surface area contributed by atoms with Crippen LogP contribution in [0.15, 0.2) is 12.4 Å². The molecule has 1 aliphatic rings. The van der Waals surface area contributed by atoms with Crippen molar-refractivity contribution >= 4 is 0 Å². The summed E-state index contributed by atoms with van der Waals surface area (Å²) in [5, 5.41) is 0. The minimum atomic E-state index is 0.641. The van der Waals surface area contributed by atoms with Gasteiger partial charge in [-0.1, -0.05) is 188 Å². The first kappa shape index (κ1) is 37.4. The summed E-state index contributed by atoms with van der Waals surface area (Å²) in [6.45, 7) is 9.47. The summed E-state index contributed by atoms with van der Waals surface area (Å²) < 4.78 is 0. The molecule has 1 aliphatic heterocycles. The Kier molecular flexibility index (Phi) is 27.9. The van der Waals surface area contributed by atoms with Gasteiger partial charge in [0.2, 0.25) is 0 Å². The Hall–Kier alpha value is -0.660. The van der Waals surface area contributed by atoms with Crippen LogP contribution in [0.25, 0.3) is 0 Å². The second kappa shape index (κ2) is 29.8. The summed E-state index contributed by atoms with van der Waals surface area (Å²) in [6, 6.07) is 0. The second-order valence-electron chi connectivity index (χ2n) is 13.2. The maximum Gasteiger partial charge on any atom is 0.101 e. The molecule has 0 amide bonds. The highest BCUT2D eigenvalue weighted by Gasteiger charge is 2.24. The van der Waals surface area contributed by atoms with Crippen molar-refractivity contribution in [3.8, 4) is 0 Å². The molecular formula is C38H76N2. The molecular weight excluding hydrogens is 484 g/mol. The molecule has 0 radical (unpaired) electrons. The SMILES string of the molecule is CCCCCCCCCCCCCCC1N(CCCCCCC)C=CN1CCCCCCCCCCCCCC. The zero-order valence-electron chi connectivity index (χ0n) is 28.3. The van der Waals surface area contributed by atoms with E-state index in [1.54, 1.807) is 0 Å². The maximum atomic E-state index is 2.71. The van der Waals surface area contributed by atoms with E-state index in [0.29, 0.717) is 6.17 Å². The molecule has 1 atom stereocenters. The van der Waals surface area contributed by atoms with E-state index in [0.717, 1.165) is 0 Å². The smallest absolute Gasteiger partial charge is 0.101 e. The first-order valence-electron chi connectivity index (χ1n) is 19.0. The Morgan fingerprint density at radius 2 is 0.575 bits per heavy atom. The zero-order chi connectivity index (χ0) is 28.8. The molecule has 0 N–H and O–H groups in total. The minimum Gasteiger partial charge on any atom is -0.356 e. The molecule has 1 heterocycles. The fraction of sp³-hybridized carbons (Fsp3) is 0.947. The molecule has 0 aliphatic carbocycles. The van der Waals surface area contributed by atoms with Crippen molar-refractivity contribution in [3.05, 3.63) is 12.4 Å². The minimum absolute atomic E-state index is 0.641. The van der Waals surface area contributed by atoms with Gasteiger partial charge in [-0.3, -0.25) is 0 Å². The van der Waals surface area contributed by atoms with Gasteiger partial charge >= 0.3 is 0 Å². The van der Waals surface area contributed by atoms with Gasteiger partial charge in [0, 0.05) is 25.5 Å². The lowest BCUT2D eigenvalue weighted by Gasteiger charge is -2.33. The van der Waals surface area contributed by atoms with Crippen LogP contribution >= 0.6 is 0 Å². The normalized spacial score (nSPS) is 15.1. The third-order valence-electron chi connectivity index (χ3n) is 9.32. The average Bonchev–Trinajstić information content (AvgIpc) is 3.35. The molecule has 1 rings (SSSR count). The molecule has 1 unspecified atom stereocenters.